The van der Waals surface area contributed by atoms with Gasteiger partial charge in [-0.1, -0.05) is 11.6 Å². The fourth-order valence-electron chi connectivity index (χ4n) is 4.55. The number of piperazine rings is 1. The largest absolute Gasteiger partial charge is 0.476 e. The summed E-state index contributed by atoms with van der Waals surface area (Å²) in [5, 5.41) is 6.73. The second kappa shape index (κ2) is 10.6. The summed E-state index contributed by atoms with van der Waals surface area (Å²) in [6.45, 7) is 6.73. The van der Waals surface area contributed by atoms with Crippen LogP contribution >= 0.6 is 11.6 Å². The monoisotopic (exact) mass is 539 g/mol. The molecule has 3 aromatic rings. The second-order valence-corrected chi connectivity index (χ2v) is 10.3. The molecule has 200 valence electrons. The standard InChI is InChI=1S/C27H31ClFN7O2/c1-27(2)25(37)36(11-10-29)22-16-19(6-9-23(22)38-27)31-24-21(28)17-30-26(33-24)32-18-4-7-20(8-5-18)35-14-12-34(3)13-15-35/h4-9,16-17H,10-15H2,1-3H3,(H2,30,31,32,33). The lowest BCUT2D eigenvalue weighted by molar-refractivity contribution is -0.132. The highest BCUT2D eigenvalue weighted by atomic mass is 35.5. The Morgan fingerprint density at radius 3 is 2.47 bits per heavy atom. The molecule has 0 unspecified atom stereocenters. The fourth-order valence-corrected chi connectivity index (χ4v) is 4.69. The third-order valence-electron chi connectivity index (χ3n) is 6.68. The number of amides is 1. The summed E-state index contributed by atoms with van der Waals surface area (Å²) >= 11 is 6.39. The molecular formula is C27H31ClFN7O2. The number of rotatable bonds is 7. The van der Waals surface area contributed by atoms with Gasteiger partial charge in [0.05, 0.1) is 18.4 Å². The van der Waals surface area contributed by atoms with Crippen LogP contribution in [0.15, 0.2) is 48.7 Å². The number of alkyl halides is 1. The van der Waals surface area contributed by atoms with Crippen molar-refractivity contribution in [1.29, 1.82) is 0 Å². The van der Waals surface area contributed by atoms with Gasteiger partial charge in [0.1, 0.15) is 17.4 Å². The molecule has 5 rings (SSSR count). The Kier molecular flexibility index (Phi) is 7.27. The number of ether oxygens (including phenoxy) is 1. The van der Waals surface area contributed by atoms with Crippen molar-refractivity contribution < 1.29 is 13.9 Å². The van der Waals surface area contributed by atoms with Crippen LogP contribution in [0.1, 0.15) is 13.8 Å². The predicted molar refractivity (Wildman–Crippen MR) is 149 cm³/mol. The Morgan fingerprint density at radius 1 is 1.05 bits per heavy atom. The van der Waals surface area contributed by atoms with E-state index in [1.54, 1.807) is 32.0 Å². The maximum Gasteiger partial charge on any atom is 0.270 e. The average Bonchev–Trinajstić information content (AvgIpc) is 2.90. The Morgan fingerprint density at radius 2 is 1.76 bits per heavy atom. The quantitative estimate of drug-likeness (QED) is 0.441. The van der Waals surface area contributed by atoms with E-state index in [9.17, 15) is 9.18 Å². The number of carbonyl (C=O) groups excluding carboxylic acids is 1. The van der Waals surface area contributed by atoms with E-state index < -0.39 is 12.3 Å². The van der Waals surface area contributed by atoms with Crippen molar-refractivity contribution in [3.05, 3.63) is 53.7 Å². The fraction of sp³-hybridized carbons (Fsp3) is 0.370. The molecule has 1 fully saturated rings. The number of anilines is 6. The first-order valence-electron chi connectivity index (χ1n) is 12.5. The molecule has 3 heterocycles. The lowest BCUT2D eigenvalue weighted by Crippen LogP contribution is -2.53. The molecule has 0 bridgehead atoms. The van der Waals surface area contributed by atoms with Gasteiger partial charge in [0.25, 0.3) is 5.91 Å². The van der Waals surface area contributed by atoms with E-state index in [0.29, 0.717) is 33.9 Å². The van der Waals surface area contributed by atoms with Crippen LogP contribution in [0.25, 0.3) is 0 Å². The normalized spacial score (nSPS) is 17.1. The van der Waals surface area contributed by atoms with Gasteiger partial charge >= 0.3 is 0 Å². The van der Waals surface area contributed by atoms with Crippen LogP contribution in [0.5, 0.6) is 5.75 Å². The van der Waals surface area contributed by atoms with Gasteiger partial charge in [-0.3, -0.25) is 4.79 Å². The van der Waals surface area contributed by atoms with E-state index in [2.05, 4.69) is 49.6 Å². The number of benzene rings is 2. The Bertz CT molecular complexity index is 1310. The zero-order valence-corrected chi connectivity index (χ0v) is 22.4. The van der Waals surface area contributed by atoms with Crippen molar-refractivity contribution in [2.45, 2.75) is 19.4 Å². The number of carbonyl (C=O) groups is 1. The van der Waals surface area contributed by atoms with Crippen molar-refractivity contribution in [3.63, 3.8) is 0 Å². The van der Waals surface area contributed by atoms with E-state index in [1.807, 2.05) is 12.1 Å². The van der Waals surface area contributed by atoms with Crippen molar-refractivity contribution in [3.8, 4) is 5.75 Å². The first-order chi connectivity index (χ1) is 18.2. The molecule has 2 N–H and O–H groups in total. The molecule has 1 aromatic heterocycles. The molecule has 11 heteroatoms. The number of likely N-dealkylation sites (N-methyl/N-ethyl adjacent to an activating group) is 1. The predicted octanol–water partition coefficient (Wildman–Crippen LogP) is 4.84. The molecule has 0 atom stereocenters. The van der Waals surface area contributed by atoms with Crippen molar-refractivity contribution in [2.75, 3.05) is 66.9 Å². The Hall–Kier alpha value is -3.63. The first-order valence-corrected chi connectivity index (χ1v) is 12.9. The summed E-state index contributed by atoms with van der Waals surface area (Å²) in [4.78, 5) is 27.8. The SMILES string of the molecule is CN1CCN(c2ccc(Nc3ncc(Cl)c(Nc4ccc5c(c4)N(CCF)C(=O)C(C)(C)O5)n3)cc2)CC1. The number of halogens is 2. The van der Waals surface area contributed by atoms with Gasteiger partial charge < -0.3 is 30.1 Å². The van der Waals surface area contributed by atoms with Crippen LogP contribution in [-0.2, 0) is 4.79 Å². The lowest BCUT2D eigenvalue weighted by atomic mass is 10.0. The first kappa shape index (κ1) is 26.0. The zero-order valence-electron chi connectivity index (χ0n) is 21.7. The van der Waals surface area contributed by atoms with Crippen LogP contribution in [0.4, 0.5) is 38.9 Å². The van der Waals surface area contributed by atoms with E-state index in [4.69, 9.17) is 16.3 Å². The minimum Gasteiger partial charge on any atom is -0.476 e. The minimum absolute atomic E-state index is 0.0575. The highest BCUT2D eigenvalue weighted by Gasteiger charge is 2.40. The molecule has 1 saturated heterocycles. The lowest BCUT2D eigenvalue weighted by Gasteiger charge is -2.38. The van der Waals surface area contributed by atoms with Crippen LogP contribution in [0.2, 0.25) is 5.02 Å². The topological polar surface area (TPSA) is 85.9 Å². The summed E-state index contributed by atoms with van der Waals surface area (Å²) in [7, 11) is 2.14. The molecule has 0 spiro atoms. The van der Waals surface area contributed by atoms with Gasteiger partial charge in [0.15, 0.2) is 11.4 Å². The number of hydrogen-bond acceptors (Lipinski definition) is 8. The molecule has 0 saturated carbocycles. The highest BCUT2D eigenvalue weighted by Crippen LogP contribution is 2.40. The molecular weight excluding hydrogens is 509 g/mol. The van der Waals surface area contributed by atoms with Crippen molar-refractivity contribution >= 4 is 52.0 Å². The van der Waals surface area contributed by atoms with Gasteiger partial charge in [-0.25, -0.2) is 9.37 Å². The van der Waals surface area contributed by atoms with E-state index in [-0.39, 0.29) is 12.5 Å². The molecule has 2 aliphatic rings. The summed E-state index contributed by atoms with van der Waals surface area (Å²) in [6.07, 6.45) is 1.51. The maximum absolute atomic E-state index is 13.3. The maximum atomic E-state index is 13.3. The van der Waals surface area contributed by atoms with Gasteiger partial charge in [-0.05, 0) is 63.4 Å². The van der Waals surface area contributed by atoms with Crippen molar-refractivity contribution in [1.82, 2.24) is 14.9 Å². The summed E-state index contributed by atoms with van der Waals surface area (Å²) in [5.74, 6) is 0.967. The van der Waals surface area contributed by atoms with Gasteiger partial charge in [-0.2, -0.15) is 4.98 Å². The number of fused-ring (bicyclic) bond motifs is 1. The average molecular weight is 540 g/mol. The second-order valence-electron chi connectivity index (χ2n) is 9.92. The Balaban J connectivity index is 1.32. The molecule has 9 nitrogen and oxygen atoms in total. The van der Waals surface area contributed by atoms with Gasteiger partial charge in [0.2, 0.25) is 5.95 Å². The van der Waals surface area contributed by atoms with Gasteiger partial charge in [0, 0.05) is 43.2 Å². The third kappa shape index (κ3) is 5.46. The number of hydrogen-bond donors (Lipinski definition) is 2. The Labute approximate surface area is 226 Å². The molecule has 38 heavy (non-hydrogen) atoms. The highest BCUT2D eigenvalue weighted by molar-refractivity contribution is 6.32. The van der Waals surface area contributed by atoms with Crippen molar-refractivity contribution in [2.24, 2.45) is 0 Å². The number of nitrogens with one attached hydrogen (secondary N) is 2. The molecule has 2 aromatic carbocycles. The zero-order chi connectivity index (χ0) is 26.9. The van der Waals surface area contributed by atoms with E-state index in [0.717, 1.165) is 31.9 Å². The summed E-state index contributed by atoms with van der Waals surface area (Å²) < 4.78 is 19.1. The van der Waals surface area contributed by atoms with E-state index >= 15 is 0 Å². The molecule has 0 aliphatic carbocycles. The number of aromatic nitrogens is 2. The van der Waals surface area contributed by atoms with Crippen LogP contribution < -0.4 is 25.2 Å². The van der Waals surface area contributed by atoms with E-state index in [1.165, 1.54) is 16.8 Å². The third-order valence-corrected chi connectivity index (χ3v) is 6.96. The van der Waals surface area contributed by atoms with Crippen LogP contribution in [0, 0.1) is 0 Å². The molecule has 1 amide bonds. The summed E-state index contributed by atoms with van der Waals surface area (Å²) in [6, 6.07) is 13.4. The summed E-state index contributed by atoms with van der Waals surface area (Å²) in [5.41, 5.74) is 2.07. The molecule has 0 radical (unpaired) electrons. The van der Waals surface area contributed by atoms with Gasteiger partial charge in [-0.15, -0.1) is 0 Å². The smallest absolute Gasteiger partial charge is 0.270 e. The minimum atomic E-state index is -1.07. The molecule has 2 aliphatic heterocycles. The van der Waals surface area contributed by atoms with Crippen LogP contribution in [0.3, 0.4) is 0 Å². The van der Waals surface area contributed by atoms with Crippen LogP contribution in [-0.4, -0.2) is 72.8 Å². The number of nitrogens with zero attached hydrogens (tertiary/aromatic N) is 5.